The van der Waals surface area contributed by atoms with E-state index in [9.17, 15) is 9.00 Å². The lowest BCUT2D eigenvalue weighted by Crippen LogP contribution is -2.30. The molecule has 0 bridgehead atoms. The van der Waals surface area contributed by atoms with Crippen molar-refractivity contribution < 1.29 is 23.6 Å². The van der Waals surface area contributed by atoms with Crippen LogP contribution in [0.2, 0.25) is 0 Å². The number of unbranched alkanes of at least 4 members (excludes halogenated alkanes) is 5. The molecule has 0 radical (unpaired) electrons. The van der Waals surface area contributed by atoms with Gasteiger partial charge in [-0.15, -0.1) is 0 Å². The molecule has 3 atom stereocenters. The van der Waals surface area contributed by atoms with Gasteiger partial charge in [0.25, 0.3) is 0 Å². The smallest absolute Gasteiger partial charge is 0.320 e. The van der Waals surface area contributed by atoms with E-state index in [1.165, 1.54) is 37.7 Å². The third-order valence-electron chi connectivity index (χ3n) is 5.06. The van der Waals surface area contributed by atoms with Gasteiger partial charge in [0.2, 0.25) is 6.79 Å². The third kappa shape index (κ3) is 13.0. The summed E-state index contributed by atoms with van der Waals surface area (Å²) in [4.78, 5) is 10.1. The Hall–Kier alpha value is -0.900. The maximum Gasteiger partial charge on any atom is 0.320 e. The van der Waals surface area contributed by atoms with Gasteiger partial charge in [-0.05, 0) is 49.0 Å². The molecule has 2 rings (SSSR count). The van der Waals surface area contributed by atoms with Crippen LogP contribution in [0.25, 0.3) is 0 Å². The van der Waals surface area contributed by atoms with Crippen molar-refractivity contribution in [3.8, 4) is 11.5 Å². The van der Waals surface area contributed by atoms with Gasteiger partial charge in [0.05, 0.1) is 0 Å². The van der Waals surface area contributed by atoms with Crippen LogP contribution in [0.3, 0.4) is 0 Å². The molecule has 1 aliphatic heterocycles. The minimum Gasteiger partial charge on any atom is -0.480 e. The summed E-state index contributed by atoms with van der Waals surface area (Å²) in [5.74, 6) is 2.35. The summed E-state index contributed by atoms with van der Waals surface area (Å²) >= 11 is 1.60. The van der Waals surface area contributed by atoms with Crippen LogP contribution in [0.1, 0.15) is 64.4 Å². The lowest BCUT2D eigenvalue weighted by Gasteiger charge is -2.12. The number of rotatable bonds is 14. The van der Waals surface area contributed by atoms with Crippen molar-refractivity contribution in [2.45, 2.75) is 76.5 Å². The number of benzene rings is 1. The van der Waals surface area contributed by atoms with Gasteiger partial charge in [-0.2, -0.15) is 25.3 Å². The van der Waals surface area contributed by atoms with Crippen LogP contribution in [-0.2, 0) is 22.0 Å². The summed E-state index contributed by atoms with van der Waals surface area (Å²) in [6.45, 7) is 4.61. The van der Waals surface area contributed by atoms with Crippen molar-refractivity contribution in [1.29, 1.82) is 0 Å². The molecule has 186 valence electrons. The molecule has 0 fully saturated rings. The summed E-state index contributed by atoms with van der Waals surface area (Å²) in [6.07, 6.45) is 10.8. The van der Waals surface area contributed by atoms with Gasteiger partial charge in [-0.25, -0.2) is 0 Å². The van der Waals surface area contributed by atoms with Crippen LogP contribution in [0, 0.1) is 0 Å². The van der Waals surface area contributed by atoms with E-state index in [0.717, 1.165) is 35.8 Å². The van der Waals surface area contributed by atoms with Crippen molar-refractivity contribution in [1.82, 2.24) is 0 Å². The van der Waals surface area contributed by atoms with E-state index in [0.29, 0.717) is 13.2 Å². The Balaban J connectivity index is 0.000000821. The normalized spacial score (nSPS) is 14.5. The number of ether oxygens (including phenoxy) is 2. The average Bonchev–Trinajstić information content (AvgIpc) is 3.22. The van der Waals surface area contributed by atoms with E-state index < -0.39 is 22.8 Å². The zero-order valence-electron chi connectivity index (χ0n) is 19.6. The number of aliphatic carboxylic acids is 1. The second-order valence-electron chi connectivity index (χ2n) is 7.78. The summed E-state index contributed by atoms with van der Waals surface area (Å²) in [7, 11) is -0.743. The molecule has 6 nitrogen and oxygen atoms in total. The fourth-order valence-corrected chi connectivity index (χ4v) is 4.85. The molecular formula is C23H41NO5S3. The number of nitrogens with two attached hydrogens (primary N) is 1. The number of fused-ring (bicyclic) bond motifs is 1. The molecule has 0 amide bonds. The first-order chi connectivity index (χ1) is 14.9. The zero-order valence-corrected chi connectivity index (χ0v) is 22.3. The van der Waals surface area contributed by atoms with Crippen molar-refractivity contribution in [3.63, 3.8) is 0 Å². The average molecular weight is 508 g/mol. The third-order valence-corrected chi connectivity index (χ3v) is 7.46. The topological polar surface area (TPSA) is 98.9 Å². The van der Waals surface area contributed by atoms with Crippen molar-refractivity contribution >= 4 is 42.0 Å². The molecule has 0 saturated carbocycles. The standard InChI is InChI=1S/C18H28O3S.C5H11NO2S.H2S/c1-3-4-5-6-7-8-11-22(19)15(2)12-16-9-10-17-18(13-16)21-14-20-17;1-9-3-2-4(6)5(7)8;/h9-10,13,15H,3-8,11-12,14H2,1-2H3;4H,2-3,6H2,1H3,(H,7,8);1H2/t;4-;/m.0./s1. The molecule has 0 aliphatic carbocycles. The van der Waals surface area contributed by atoms with Crippen LogP contribution in [-0.4, -0.2) is 51.1 Å². The number of hydrogen-bond donors (Lipinski definition) is 2. The van der Waals surface area contributed by atoms with Gasteiger partial charge in [0.15, 0.2) is 11.5 Å². The second kappa shape index (κ2) is 18.5. The van der Waals surface area contributed by atoms with Gasteiger partial charge in [-0.1, -0.05) is 52.0 Å². The van der Waals surface area contributed by atoms with E-state index >= 15 is 0 Å². The number of carbonyl (C=O) groups is 1. The molecule has 1 aliphatic rings. The largest absolute Gasteiger partial charge is 0.480 e. The first-order valence-electron chi connectivity index (χ1n) is 11.1. The molecule has 1 aromatic carbocycles. The molecule has 1 aromatic rings. The molecule has 0 spiro atoms. The van der Waals surface area contributed by atoms with Crippen LogP contribution < -0.4 is 15.2 Å². The first-order valence-corrected chi connectivity index (χ1v) is 13.9. The van der Waals surface area contributed by atoms with Crippen molar-refractivity contribution in [3.05, 3.63) is 23.8 Å². The fraction of sp³-hybridized carbons (Fsp3) is 0.696. The zero-order chi connectivity index (χ0) is 23.1. The SMILES string of the molecule is CCCCCCCCS(=O)C(C)Cc1ccc2c(c1)OCO2.CSCC[C@H](N)C(=O)O.S. The van der Waals surface area contributed by atoms with E-state index in [4.69, 9.17) is 20.3 Å². The van der Waals surface area contributed by atoms with E-state index in [2.05, 4.69) is 13.8 Å². The monoisotopic (exact) mass is 507 g/mol. The Morgan fingerprint density at radius 3 is 2.50 bits per heavy atom. The Bertz CT molecular complexity index is 675. The summed E-state index contributed by atoms with van der Waals surface area (Å²) in [5, 5.41) is 8.47. The molecule has 1 heterocycles. The van der Waals surface area contributed by atoms with Crippen molar-refractivity contribution in [2.24, 2.45) is 5.73 Å². The Morgan fingerprint density at radius 2 is 1.84 bits per heavy atom. The molecule has 0 aromatic heterocycles. The highest BCUT2D eigenvalue weighted by atomic mass is 32.2. The van der Waals surface area contributed by atoms with Gasteiger partial charge in [0.1, 0.15) is 6.04 Å². The fourth-order valence-electron chi connectivity index (χ4n) is 3.09. The van der Waals surface area contributed by atoms with Gasteiger partial charge in [0, 0.05) is 21.8 Å². The van der Waals surface area contributed by atoms with Crippen LogP contribution in [0.4, 0.5) is 0 Å². The molecule has 0 saturated heterocycles. The predicted octanol–water partition coefficient (Wildman–Crippen LogP) is 4.72. The summed E-state index contributed by atoms with van der Waals surface area (Å²) < 4.78 is 23.0. The number of carboxylic acids is 1. The van der Waals surface area contributed by atoms with Gasteiger partial charge < -0.3 is 20.3 Å². The van der Waals surface area contributed by atoms with Gasteiger partial charge in [-0.3, -0.25) is 9.00 Å². The van der Waals surface area contributed by atoms with Crippen molar-refractivity contribution in [2.75, 3.05) is 24.6 Å². The maximum absolute atomic E-state index is 12.3. The Labute approximate surface area is 207 Å². The number of thioether (sulfide) groups is 1. The number of carboxylic acid groups (broad SMARTS) is 1. The van der Waals surface area contributed by atoms with Gasteiger partial charge >= 0.3 is 5.97 Å². The molecule has 9 heteroatoms. The maximum atomic E-state index is 12.3. The van der Waals surface area contributed by atoms with E-state index in [-0.39, 0.29) is 18.7 Å². The highest BCUT2D eigenvalue weighted by molar-refractivity contribution is 7.98. The first kappa shape index (κ1) is 31.1. The summed E-state index contributed by atoms with van der Waals surface area (Å²) in [5.41, 5.74) is 6.36. The molecular weight excluding hydrogens is 466 g/mol. The van der Waals surface area contributed by atoms with E-state index in [1.54, 1.807) is 11.8 Å². The molecule has 3 N–H and O–H groups in total. The van der Waals surface area contributed by atoms with Crippen LogP contribution in [0.15, 0.2) is 18.2 Å². The lowest BCUT2D eigenvalue weighted by molar-refractivity contribution is -0.138. The second-order valence-corrected chi connectivity index (χ2v) is 10.7. The Morgan fingerprint density at radius 1 is 1.19 bits per heavy atom. The quantitative estimate of drug-likeness (QED) is 0.352. The minimum atomic E-state index is -0.913. The predicted molar refractivity (Wildman–Crippen MR) is 141 cm³/mol. The lowest BCUT2D eigenvalue weighted by atomic mass is 10.1. The summed E-state index contributed by atoms with van der Waals surface area (Å²) in [6, 6.07) is 5.32. The number of hydrogen-bond acceptors (Lipinski definition) is 6. The minimum absolute atomic E-state index is 0. The Kier molecular flexibility index (Phi) is 18.0. The van der Waals surface area contributed by atoms with Crippen LogP contribution in [0.5, 0.6) is 11.5 Å². The highest BCUT2D eigenvalue weighted by Crippen LogP contribution is 2.33. The van der Waals surface area contributed by atoms with Crippen LogP contribution >= 0.6 is 25.3 Å². The molecule has 2 unspecified atom stereocenters. The highest BCUT2D eigenvalue weighted by Gasteiger charge is 2.16. The van der Waals surface area contributed by atoms with E-state index in [1.807, 2.05) is 24.5 Å². The molecule has 32 heavy (non-hydrogen) atoms.